The van der Waals surface area contributed by atoms with Gasteiger partial charge in [-0.3, -0.25) is 4.79 Å². The fourth-order valence-electron chi connectivity index (χ4n) is 5.51. The van der Waals surface area contributed by atoms with E-state index in [4.69, 9.17) is 4.74 Å². The maximum absolute atomic E-state index is 16.1. The molecule has 2 unspecified atom stereocenters. The largest absolute Gasteiger partial charge is 0.477 e. The van der Waals surface area contributed by atoms with E-state index in [2.05, 4.69) is 0 Å². The van der Waals surface area contributed by atoms with Crippen LogP contribution in [0.15, 0.2) is 17.1 Å². The number of halogens is 2. The SMILES string of the molecule is CC(C)(C)OC(=O)N1CC2N(c3c(F)cc4c(=O)c(C(=O)O)cn(C5CC5)c4c3F)CCC2(C)C1. The number of aromatic carboxylic acids is 1. The van der Waals surface area contributed by atoms with E-state index in [1.54, 1.807) is 30.6 Å². The molecule has 1 N–H and O–H groups in total. The predicted molar refractivity (Wildman–Crippen MR) is 125 cm³/mol. The standard InChI is InChI=1S/C25H29F2N3O5/c1-24(2,3)35-23(34)28-11-17-25(4,12-28)7-8-29(17)20-16(26)9-14-19(18(20)27)30(13-5-6-13)10-15(21(14)31)22(32)33/h9-10,13,17H,5-8,11-12H2,1-4H3,(H,32,33). The molecule has 0 spiro atoms. The number of carbonyl (C=O) groups excluding carboxylic acids is 1. The Bertz CT molecular complexity index is 1310. The minimum atomic E-state index is -1.43. The second-order valence-corrected chi connectivity index (χ2v) is 11.2. The van der Waals surface area contributed by atoms with Gasteiger partial charge in [0.1, 0.15) is 22.7 Å². The highest BCUT2D eigenvalue weighted by atomic mass is 19.1. The average Bonchev–Trinajstić information content (AvgIpc) is 3.45. The number of aromatic nitrogens is 1. The molecule has 1 saturated carbocycles. The van der Waals surface area contributed by atoms with Crippen molar-refractivity contribution in [2.75, 3.05) is 24.5 Å². The van der Waals surface area contributed by atoms with Gasteiger partial charge in [0.15, 0.2) is 5.82 Å². The highest BCUT2D eigenvalue weighted by molar-refractivity contribution is 5.94. The van der Waals surface area contributed by atoms with Crippen molar-refractivity contribution < 1.29 is 28.2 Å². The quantitative estimate of drug-likeness (QED) is 0.697. The third kappa shape index (κ3) is 3.83. The minimum Gasteiger partial charge on any atom is -0.477 e. The zero-order valence-corrected chi connectivity index (χ0v) is 20.2. The number of nitrogens with zero attached hydrogens (tertiary/aromatic N) is 3. The van der Waals surface area contributed by atoms with Crippen LogP contribution in [0.3, 0.4) is 0 Å². The van der Waals surface area contributed by atoms with Crippen LogP contribution in [0.25, 0.3) is 10.9 Å². The van der Waals surface area contributed by atoms with Crippen molar-refractivity contribution in [3.05, 3.63) is 39.7 Å². The highest BCUT2D eigenvalue weighted by Gasteiger charge is 2.53. The minimum absolute atomic E-state index is 0.0745. The number of pyridine rings is 1. The van der Waals surface area contributed by atoms with E-state index in [9.17, 15) is 19.5 Å². The normalized spacial score (nSPS) is 24.2. The molecule has 8 nitrogen and oxygen atoms in total. The Morgan fingerprint density at radius 2 is 1.91 bits per heavy atom. The zero-order valence-electron chi connectivity index (χ0n) is 20.2. The Kier molecular flexibility index (Phi) is 5.16. The summed E-state index contributed by atoms with van der Waals surface area (Å²) >= 11 is 0. The van der Waals surface area contributed by atoms with Gasteiger partial charge in [-0.15, -0.1) is 0 Å². The number of ether oxygens (including phenoxy) is 1. The first-order valence-electron chi connectivity index (χ1n) is 11.9. The van der Waals surface area contributed by atoms with Crippen LogP contribution in [0.5, 0.6) is 0 Å². The molecule has 1 aliphatic carbocycles. The number of rotatable bonds is 3. The number of likely N-dealkylation sites (tertiary alicyclic amines) is 1. The average molecular weight is 490 g/mol. The molecule has 5 rings (SSSR count). The number of anilines is 1. The molecule has 3 aliphatic rings. The van der Waals surface area contributed by atoms with E-state index < -0.39 is 40.3 Å². The molecule has 2 aliphatic heterocycles. The summed E-state index contributed by atoms with van der Waals surface area (Å²) in [5.41, 5.74) is -2.77. The molecule has 0 bridgehead atoms. The highest BCUT2D eigenvalue weighted by Crippen LogP contribution is 2.47. The molecule has 188 valence electrons. The van der Waals surface area contributed by atoms with Crippen LogP contribution in [0.1, 0.15) is 63.4 Å². The Labute approximate surface area is 201 Å². The van der Waals surface area contributed by atoms with E-state index in [0.717, 1.165) is 18.9 Å². The molecule has 3 heterocycles. The van der Waals surface area contributed by atoms with Crippen LogP contribution >= 0.6 is 0 Å². The number of carboxylic acid groups (broad SMARTS) is 1. The molecule has 1 aromatic heterocycles. The van der Waals surface area contributed by atoms with Gasteiger partial charge in [0.2, 0.25) is 5.43 Å². The van der Waals surface area contributed by atoms with E-state index in [-0.39, 0.29) is 40.6 Å². The van der Waals surface area contributed by atoms with Crippen molar-refractivity contribution >= 4 is 28.7 Å². The summed E-state index contributed by atoms with van der Waals surface area (Å²) in [6, 6.07) is 0.482. The lowest BCUT2D eigenvalue weighted by Crippen LogP contribution is -2.40. The molecule has 1 amide bonds. The number of fused-ring (bicyclic) bond motifs is 2. The second kappa shape index (κ2) is 7.66. The lowest BCUT2D eigenvalue weighted by Gasteiger charge is -2.30. The third-order valence-electron chi connectivity index (χ3n) is 7.34. The van der Waals surface area contributed by atoms with E-state index in [1.807, 2.05) is 6.92 Å². The predicted octanol–water partition coefficient (Wildman–Crippen LogP) is 4.15. The summed E-state index contributed by atoms with van der Waals surface area (Å²) in [6.07, 6.45) is 2.78. The first kappa shape index (κ1) is 23.6. The molecule has 2 aromatic rings. The number of benzene rings is 1. The van der Waals surface area contributed by atoms with Crippen LogP contribution in [0.2, 0.25) is 0 Å². The van der Waals surface area contributed by atoms with Crippen LogP contribution in [0.4, 0.5) is 19.3 Å². The van der Waals surface area contributed by atoms with Gasteiger partial charge in [0.25, 0.3) is 0 Å². The van der Waals surface area contributed by atoms with Gasteiger partial charge in [-0.25, -0.2) is 18.4 Å². The number of hydrogen-bond acceptors (Lipinski definition) is 5. The zero-order chi connectivity index (χ0) is 25.4. The van der Waals surface area contributed by atoms with Gasteiger partial charge in [-0.2, -0.15) is 0 Å². The Hall–Kier alpha value is -3.17. The Morgan fingerprint density at radius 1 is 1.23 bits per heavy atom. The van der Waals surface area contributed by atoms with Crippen LogP contribution in [-0.2, 0) is 4.74 Å². The monoisotopic (exact) mass is 489 g/mol. The number of carboxylic acids is 1. The van der Waals surface area contributed by atoms with Crippen molar-refractivity contribution in [2.45, 2.75) is 64.6 Å². The summed E-state index contributed by atoms with van der Waals surface area (Å²) in [5.74, 6) is -3.22. The molecule has 3 fully saturated rings. The Morgan fingerprint density at radius 3 is 2.51 bits per heavy atom. The molecule has 2 atom stereocenters. The maximum Gasteiger partial charge on any atom is 0.410 e. The van der Waals surface area contributed by atoms with Gasteiger partial charge in [0, 0.05) is 37.3 Å². The van der Waals surface area contributed by atoms with E-state index in [0.29, 0.717) is 19.5 Å². The van der Waals surface area contributed by atoms with E-state index in [1.165, 1.54) is 10.8 Å². The lowest BCUT2D eigenvalue weighted by atomic mass is 9.85. The van der Waals surface area contributed by atoms with Crippen molar-refractivity contribution in [3.8, 4) is 0 Å². The maximum atomic E-state index is 16.1. The van der Waals surface area contributed by atoms with Crippen LogP contribution in [0, 0.1) is 17.0 Å². The Balaban J connectivity index is 1.58. The number of amides is 1. The summed E-state index contributed by atoms with van der Waals surface area (Å²) in [4.78, 5) is 40.3. The summed E-state index contributed by atoms with van der Waals surface area (Å²) < 4.78 is 38.6. The van der Waals surface area contributed by atoms with Crippen molar-refractivity contribution in [3.63, 3.8) is 0 Å². The number of carbonyl (C=O) groups is 2. The molecule has 10 heteroatoms. The van der Waals surface area contributed by atoms with Gasteiger partial charge in [0.05, 0.1) is 16.9 Å². The first-order chi connectivity index (χ1) is 16.3. The third-order valence-corrected chi connectivity index (χ3v) is 7.34. The second-order valence-electron chi connectivity index (χ2n) is 11.2. The van der Waals surface area contributed by atoms with Crippen molar-refractivity contribution in [2.24, 2.45) is 5.41 Å². The summed E-state index contributed by atoms with van der Waals surface area (Å²) in [6.45, 7) is 8.41. The van der Waals surface area contributed by atoms with Crippen molar-refractivity contribution in [1.29, 1.82) is 0 Å². The van der Waals surface area contributed by atoms with Crippen LogP contribution < -0.4 is 10.3 Å². The van der Waals surface area contributed by atoms with Gasteiger partial charge in [-0.05, 0) is 46.1 Å². The smallest absolute Gasteiger partial charge is 0.410 e. The molecule has 2 saturated heterocycles. The summed E-state index contributed by atoms with van der Waals surface area (Å²) in [7, 11) is 0. The van der Waals surface area contributed by atoms with Gasteiger partial charge < -0.3 is 24.2 Å². The molecular formula is C25H29F2N3O5. The molecular weight excluding hydrogens is 460 g/mol. The fourth-order valence-corrected chi connectivity index (χ4v) is 5.51. The topological polar surface area (TPSA) is 92.1 Å². The van der Waals surface area contributed by atoms with Crippen molar-refractivity contribution in [1.82, 2.24) is 9.47 Å². The lowest BCUT2D eigenvalue weighted by molar-refractivity contribution is 0.0272. The molecule has 0 radical (unpaired) electrons. The fraction of sp³-hybridized carbons (Fsp3) is 0.560. The van der Waals surface area contributed by atoms with Gasteiger partial charge >= 0.3 is 12.1 Å². The summed E-state index contributed by atoms with van der Waals surface area (Å²) in [5, 5.41) is 9.16. The number of hydrogen-bond donors (Lipinski definition) is 1. The van der Waals surface area contributed by atoms with Gasteiger partial charge in [-0.1, -0.05) is 6.92 Å². The molecule has 35 heavy (non-hydrogen) atoms. The van der Waals surface area contributed by atoms with Crippen LogP contribution in [-0.4, -0.2) is 57.9 Å². The van der Waals surface area contributed by atoms with E-state index >= 15 is 8.78 Å². The first-order valence-corrected chi connectivity index (χ1v) is 11.9. The molecule has 1 aromatic carbocycles.